The second-order valence-corrected chi connectivity index (χ2v) is 7.56. The first-order valence-electron chi connectivity index (χ1n) is 9.47. The van der Waals surface area contributed by atoms with Gasteiger partial charge in [-0.15, -0.1) is 5.10 Å². The molecule has 3 N–H and O–H groups in total. The lowest BCUT2D eigenvalue weighted by molar-refractivity contribution is -0.139. The van der Waals surface area contributed by atoms with Gasteiger partial charge in [-0.3, -0.25) is 4.79 Å². The predicted octanol–water partition coefficient (Wildman–Crippen LogP) is 3.73. The van der Waals surface area contributed by atoms with Gasteiger partial charge in [0.2, 0.25) is 0 Å². The molecule has 0 aliphatic heterocycles. The Morgan fingerprint density at radius 1 is 0.969 bits per heavy atom. The number of rotatable bonds is 8. The van der Waals surface area contributed by atoms with Crippen LogP contribution in [0.15, 0.2) is 82.6 Å². The third-order valence-electron chi connectivity index (χ3n) is 4.33. The Bertz CT molecular complexity index is 1250. The molecule has 1 amide bonds. The molecule has 0 saturated heterocycles. The van der Waals surface area contributed by atoms with Crippen LogP contribution in [0.2, 0.25) is 0 Å². The number of aliphatic carboxylic acids is 1. The summed E-state index contributed by atoms with van der Waals surface area (Å²) >= 11 is 1.46. The number of benzene rings is 3. The van der Waals surface area contributed by atoms with Crippen molar-refractivity contribution < 1.29 is 19.4 Å². The van der Waals surface area contributed by atoms with Crippen molar-refractivity contribution in [2.24, 2.45) is 0 Å². The molecule has 9 nitrogen and oxygen atoms in total. The SMILES string of the molecule is O=C(O)COc1ccccc1C(=O)Nc1ccccc1Sc1ccccc1-c1nnn[nH]1. The van der Waals surface area contributed by atoms with Gasteiger partial charge >= 0.3 is 5.97 Å². The summed E-state index contributed by atoms with van der Waals surface area (Å²) in [5.74, 6) is -0.797. The van der Waals surface area contributed by atoms with Crippen molar-refractivity contribution >= 4 is 29.3 Å². The van der Waals surface area contributed by atoms with Gasteiger partial charge in [0, 0.05) is 15.4 Å². The minimum Gasteiger partial charge on any atom is -0.481 e. The highest BCUT2D eigenvalue weighted by molar-refractivity contribution is 7.99. The van der Waals surface area contributed by atoms with Gasteiger partial charge in [0.15, 0.2) is 12.4 Å². The highest BCUT2D eigenvalue weighted by Gasteiger charge is 2.16. The molecule has 0 unspecified atom stereocenters. The molecule has 1 aromatic heterocycles. The molecular formula is C22H17N5O4S. The maximum atomic E-state index is 13.0. The highest BCUT2D eigenvalue weighted by Crippen LogP contribution is 2.38. The first-order valence-corrected chi connectivity index (χ1v) is 10.3. The van der Waals surface area contributed by atoms with E-state index in [2.05, 4.69) is 25.9 Å². The number of nitrogens with zero attached hydrogens (tertiary/aromatic N) is 3. The van der Waals surface area contributed by atoms with E-state index in [-0.39, 0.29) is 11.3 Å². The van der Waals surface area contributed by atoms with Crippen LogP contribution in [0, 0.1) is 0 Å². The number of carbonyl (C=O) groups excluding carboxylic acids is 1. The van der Waals surface area contributed by atoms with E-state index < -0.39 is 18.5 Å². The molecule has 0 fully saturated rings. The Kier molecular flexibility index (Phi) is 6.42. The zero-order chi connectivity index (χ0) is 22.3. The lowest BCUT2D eigenvalue weighted by Gasteiger charge is -2.14. The Morgan fingerprint density at radius 3 is 2.47 bits per heavy atom. The van der Waals surface area contributed by atoms with Crippen LogP contribution in [-0.4, -0.2) is 44.2 Å². The summed E-state index contributed by atoms with van der Waals surface area (Å²) in [4.78, 5) is 25.5. The number of ether oxygens (including phenoxy) is 1. The van der Waals surface area contributed by atoms with E-state index in [1.807, 2.05) is 42.5 Å². The quantitative estimate of drug-likeness (QED) is 0.372. The van der Waals surface area contributed by atoms with Gasteiger partial charge in [0.1, 0.15) is 5.75 Å². The van der Waals surface area contributed by atoms with Gasteiger partial charge < -0.3 is 15.2 Å². The summed E-state index contributed by atoms with van der Waals surface area (Å²) in [6, 6.07) is 21.5. The number of tetrazole rings is 1. The van der Waals surface area contributed by atoms with Crippen LogP contribution in [0.5, 0.6) is 5.75 Å². The Balaban J connectivity index is 1.59. The molecule has 0 saturated carbocycles. The van der Waals surface area contributed by atoms with Crippen LogP contribution in [0.4, 0.5) is 5.69 Å². The minimum atomic E-state index is -1.12. The molecule has 3 aromatic carbocycles. The zero-order valence-corrected chi connectivity index (χ0v) is 17.4. The first kappa shape index (κ1) is 21.1. The van der Waals surface area contributed by atoms with Crippen molar-refractivity contribution in [2.45, 2.75) is 9.79 Å². The minimum absolute atomic E-state index is 0.195. The van der Waals surface area contributed by atoms with E-state index in [1.54, 1.807) is 30.3 Å². The number of carboxylic acids is 1. The number of aromatic nitrogens is 4. The van der Waals surface area contributed by atoms with Crippen molar-refractivity contribution in [2.75, 3.05) is 11.9 Å². The number of anilines is 1. The average Bonchev–Trinajstić information content (AvgIpc) is 3.34. The summed E-state index contributed by atoms with van der Waals surface area (Å²) in [6.07, 6.45) is 0. The number of H-pyrrole nitrogens is 1. The number of carboxylic acid groups (broad SMARTS) is 1. The Hall–Kier alpha value is -4.18. The third kappa shape index (κ3) is 4.93. The van der Waals surface area contributed by atoms with Crippen LogP contribution in [0.1, 0.15) is 10.4 Å². The Labute approximate surface area is 186 Å². The number of carbonyl (C=O) groups is 2. The fourth-order valence-corrected chi connectivity index (χ4v) is 3.94. The first-order chi connectivity index (χ1) is 15.6. The van der Waals surface area contributed by atoms with Crippen molar-refractivity contribution in [1.82, 2.24) is 20.6 Å². The molecule has 0 atom stereocenters. The second-order valence-electron chi connectivity index (χ2n) is 6.48. The molecule has 32 heavy (non-hydrogen) atoms. The predicted molar refractivity (Wildman–Crippen MR) is 118 cm³/mol. The van der Waals surface area contributed by atoms with Gasteiger partial charge in [-0.2, -0.15) is 0 Å². The lowest BCUT2D eigenvalue weighted by Crippen LogP contribution is -2.16. The molecule has 0 spiro atoms. The summed E-state index contributed by atoms with van der Waals surface area (Å²) in [5.41, 5.74) is 1.67. The number of hydrogen-bond acceptors (Lipinski definition) is 7. The normalized spacial score (nSPS) is 10.5. The zero-order valence-electron chi connectivity index (χ0n) is 16.6. The average molecular weight is 447 g/mol. The monoisotopic (exact) mass is 447 g/mol. The van der Waals surface area contributed by atoms with E-state index in [0.717, 1.165) is 15.4 Å². The van der Waals surface area contributed by atoms with Crippen molar-refractivity contribution in [3.05, 3.63) is 78.4 Å². The standard InChI is InChI=1S/C22H17N5O4S/c28-20(29)13-31-17-10-4-1-7-14(17)22(30)23-16-9-3-6-12-19(16)32-18-11-5-2-8-15(18)21-24-26-27-25-21/h1-12H,13H2,(H,23,30)(H,28,29)(H,24,25,26,27). The molecule has 10 heteroatoms. The summed E-state index contributed by atoms with van der Waals surface area (Å²) < 4.78 is 5.25. The number of aromatic amines is 1. The second kappa shape index (κ2) is 9.75. The van der Waals surface area contributed by atoms with Gasteiger partial charge in [0.05, 0.1) is 11.3 Å². The maximum Gasteiger partial charge on any atom is 0.341 e. The molecule has 0 aliphatic rings. The topological polar surface area (TPSA) is 130 Å². The van der Waals surface area contributed by atoms with Crippen molar-refractivity contribution in [1.29, 1.82) is 0 Å². The fourth-order valence-electron chi connectivity index (χ4n) is 2.91. The van der Waals surface area contributed by atoms with Crippen LogP contribution in [-0.2, 0) is 4.79 Å². The van der Waals surface area contributed by atoms with Crippen LogP contribution >= 0.6 is 11.8 Å². The molecule has 4 aromatic rings. The molecule has 4 rings (SSSR count). The molecule has 0 bridgehead atoms. The van der Waals surface area contributed by atoms with Gasteiger partial charge in [-0.25, -0.2) is 9.89 Å². The van der Waals surface area contributed by atoms with Crippen LogP contribution in [0.25, 0.3) is 11.4 Å². The van der Waals surface area contributed by atoms with Crippen LogP contribution < -0.4 is 10.1 Å². The summed E-state index contributed by atoms with van der Waals surface area (Å²) in [6.45, 7) is -0.538. The summed E-state index contributed by atoms with van der Waals surface area (Å²) in [7, 11) is 0. The molecule has 160 valence electrons. The maximum absolute atomic E-state index is 13.0. The van der Waals surface area contributed by atoms with Crippen molar-refractivity contribution in [3.63, 3.8) is 0 Å². The van der Waals surface area contributed by atoms with E-state index >= 15 is 0 Å². The van der Waals surface area contributed by atoms with E-state index in [9.17, 15) is 9.59 Å². The third-order valence-corrected chi connectivity index (χ3v) is 5.48. The largest absolute Gasteiger partial charge is 0.481 e. The number of nitrogens with one attached hydrogen (secondary N) is 2. The van der Waals surface area contributed by atoms with Crippen molar-refractivity contribution in [3.8, 4) is 17.1 Å². The van der Waals surface area contributed by atoms with Crippen LogP contribution in [0.3, 0.4) is 0 Å². The van der Waals surface area contributed by atoms with Gasteiger partial charge in [-0.05, 0) is 46.8 Å². The van der Waals surface area contributed by atoms with E-state index in [0.29, 0.717) is 11.5 Å². The molecule has 0 aliphatic carbocycles. The number of hydrogen-bond donors (Lipinski definition) is 3. The molecule has 1 heterocycles. The summed E-state index contributed by atoms with van der Waals surface area (Å²) in [5, 5.41) is 25.8. The number of para-hydroxylation sites is 2. The molecular weight excluding hydrogens is 430 g/mol. The van der Waals surface area contributed by atoms with Gasteiger partial charge in [0.25, 0.3) is 5.91 Å². The lowest BCUT2D eigenvalue weighted by atomic mass is 10.2. The highest BCUT2D eigenvalue weighted by atomic mass is 32.2. The van der Waals surface area contributed by atoms with Gasteiger partial charge in [-0.1, -0.05) is 48.2 Å². The smallest absolute Gasteiger partial charge is 0.341 e. The van der Waals surface area contributed by atoms with E-state index in [4.69, 9.17) is 9.84 Å². The fraction of sp³-hybridized carbons (Fsp3) is 0.0455. The number of amides is 1. The Morgan fingerprint density at radius 2 is 1.69 bits per heavy atom. The molecule has 0 radical (unpaired) electrons. The van der Waals surface area contributed by atoms with E-state index in [1.165, 1.54) is 11.8 Å².